The van der Waals surface area contributed by atoms with Crippen molar-refractivity contribution in [2.45, 2.75) is 50.4 Å². The number of rotatable bonds is 5. The third-order valence-corrected chi connectivity index (χ3v) is 7.18. The molecule has 3 aliphatic rings. The lowest BCUT2D eigenvalue weighted by molar-refractivity contribution is -0.190. The van der Waals surface area contributed by atoms with Gasteiger partial charge in [-0.05, 0) is 63.0 Å². The van der Waals surface area contributed by atoms with Crippen LogP contribution in [0.1, 0.15) is 25.8 Å². The van der Waals surface area contributed by atoms with Gasteiger partial charge in [-0.1, -0.05) is 0 Å². The van der Waals surface area contributed by atoms with Crippen LogP contribution < -0.4 is 31.3 Å². The Morgan fingerprint density at radius 3 is 2.68 bits per heavy atom. The number of likely N-dealkylation sites (tertiary alicyclic amines) is 1. The molecule has 0 aliphatic carbocycles. The van der Waals surface area contributed by atoms with Gasteiger partial charge in [0.1, 0.15) is 11.4 Å². The highest BCUT2D eigenvalue weighted by Gasteiger charge is 2.46. The molecule has 0 aromatic heterocycles. The number of hydrogen-bond acceptors (Lipinski definition) is 8. The maximum Gasteiger partial charge on any atom is 0.393 e. The Morgan fingerprint density at radius 2 is 1.97 bits per heavy atom. The van der Waals surface area contributed by atoms with Crippen molar-refractivity contribution in [2.24, 2.45) is 11.8 Å². The maximum atomic E-state index is 13.2. The number of nitrogens with zero attached hydrogens (tertiary/aromatic N) is 2. The summed E-state index contributed by atoms with van der Waals surface area (Å²) in [6, 6.07) is 5.15. The van der Waals surface area contributed by atoms with Gasteiger partial charge in [-0.25, -0.2) is 10.9 Å². The molecule has 0 bridgehead atoms. The number of carbonyl (C=O) groups excluding carboxylic acids is 2. The van der Waals surface area contributed by atoms with Gasteiger partial charge in [0.25, 0.3) is 0 Å². The van der Waals surface area contributed by atoms with Crippen LogP contribution in [0.4, 0.5) is 24.5 Å². The summed E-state index contributed by atoms with van der Waals surface area (Å²) in [6.07, 6.45) is -4.61. The first-order valence-corrected chi connectivity index (χ1v) is 12.1. The number of piperidine rings is 1. The van der Waals surface area contributed by atoms with E-state index in [1.54, 1.807) is 7.05 Å². The summed E-state index contributed by atoms with van der Waals surface area (Å²) in [5.74, 6) is -3.19. The average molecular weight is 502 g/mol. The molecule has 4 rings (SSSR count). The zero-order valence-electron chi connectivity index (χ0n) is 19.2. The highest BCUT2D eigenvalue weighted by Crippen LogP contribution is 2.35. The van der Waals surface area contributed by atoms with E-state index >= 15 is 0 Å². The van der Waals surface area contributed by atoms with Crippen LogP contribution in [0.5, 0.6) is 0 Å². The highest BCUT2D eigenvalue weighted by molar-refractivity contribution is 7.98. The first kappa shape index (κ1) is 25.0. The summed E-state index contributed by atoms with van der Waals surface area (Å²) < 4.78 is 39.7. The van der Waals surface area contributed by atoms with Crippen molar-refractivity contribution in [3.8, 4) is 0 Å². The minimum Gasteiger partial charge on any atom is -0.341 e. The van der Waals surface area contributed by atoms with E-state index in [1.807, 2.05) is 18.2 Å². The molecule has 2 saturated heterocycles. The molecule has 0 saturated carbocycles. The number of amides is 2. The number of carbonyl (C=O) groups is 2. The molecule has 9 nitrogen and oxygen atoms in total. The number of nitrogens with one attached hydrogen (secondary N) is 5. The first-order chi connectivity index (χ1) is 16.0. The number of alkyl halides is 3. The van der Waals surface area contributed by atoms with Gasteiger partial charge in [-0.15, -0.1) is 0 Å². The Morgan fingerprint density at radius 1 is 1.21 bits per heavy atom. The zero-order valence-corrected chi connectivity index (χ0v) is 20.0. The van der Waals surface area contributed by atoms with E-state index in [4.69, 9.17) is 0 Å². The molecule has 1 aromatic rings. The fourth-order valence-electron chi connectivity index (χ4n) is 4.60. The second-order valence-corrected chi connectivity index (χ2v) is 10.2. The van der Waals surface area contributed by atoms with Crippen molar-refractivity contribution in [3.63, 3.8) is 0 Å². The van der Waals surface area contributed by atoms with Crippen molar-refractivity contribution in [3.05, 3.63) is 23.8 Å². The Hall–Kier alpha value is -2.06. The van der Waals surface area contributed by atoms with Crippen molar-refractivity contribution in [2.75, 3.05) is 30.5 Å². The van der Waals surface area contributed by atoms with Crippen LogP contribution in [-0.2, 0) is 16.1 Å². The molecule has 188 valence electrons. The van der Waals surface area contributed by atoms with Gasteiger partial charge in [-0.2, -0.15) is 18.0 Å². The van der Waals surface area contributed by atoms with Gasteiger partial charge in [0, 0.05) is 31.4 Å². The number of hydrazine groups is 2. The number of halogens is 3. The first-order valence-electron chi connectivity index (χ1n) is 11.2. The largest absolute Gasteiger partial charge is 0.393 e. The summed E-state index contributed by atoms with van der Waals surface area (Å²) in [4.78, 5) is 30.0. The van der Waals surface area contributed by atoms with E-state index < -0.39 is 35.3 Å². The molecule has 2 amide bonds. The van der Waals surface area contributed by atoms with Gasteiger partial charge in [0.05, 0.1) is 17.5 Å². The molecule has 3 heterocycles. The highest BCUT2D eigenvalue weighted by atomic mass is 32.2. The molecular weight excluding hydrogens is 471 g/mol. The molecule has 4 unspecified atom stereocenters. The quantitative estimate of drug-likeness (QED) is 0.388. The second kappa shape index (κ2) is 9.90. The molecule has 3 aliphatic heterocycles. The standard InChI is InChI=1S/C21H30F3N7O2S/c1-11(2)31-16-5-4-15(7-12(16)8-25-31)26-19(33)17-20(34-29-28-17)27-18(32)13-6-14(21(22,23)24)10-30(3)9-13/h4-5,7,11,13-14,17,20,25,28-29H,6,8-10H2,1-3H3,(H,26,33)(H,27,32). The van der Waals surface area contributed by atoms with Crippen LogP contribution in [0.25, 0.3) is 0 Å². The van der Waals surface area contributed by atoms with Crippen LogP contribution in [0.3, 0.4) is 0 Å². The third kappa shape index (κ3) is 5.43. The Labute approximate surface area is 200 Å². The van der Waals surface area contributed by atoms with E-state index in [1.165, 1.54) is 4.90 Å². The predicted molar refractivity (Wildman–Crippen MR) is 124 cm³/mol. The number of fused-ring (bicyclic) bond motifs is 1. The zero-order chi connectivity index (χ0) is 24.6. The number of hydrogen-bond donors (Lipinski definition) is 5. The van der Waals surface area contributed by atoms with Crippen molar-refractivity contribution < 1.29 is 22.8 Å². The number of benzene rings is 1. The molecule has 2 fully saturated rings. The van der Waals surface area contributed by atoms with Gasteiger partial charge < -0.3 is 20.5 Å². The lowest BCUT2D eigenvalue weighted by Crippen LogP contribution is -2.54. The van der Waals surface area contributed by atoms with Crippen LogP contribution in [-0.4, -0.2) is 60.5 Å². The van der Waals surface area contributed by atoms with E-state index in [0.29, 0.717) is 12.2 Å². The second-order valence-electron chi connectivity index (χ2n) is 9.29. The summed E-state index contributed by atoms with van der Waals surface area (Å²) in [6.45, 7) is 4.94. The topological polar surface area (TPSA) is 101 Å². The Kier molecular flexibility index (Phi) is 7.29. The van der Waals surface area contributed by atoms with E-state index in [-0.39, 0.29) is 31.5 Å². The summed E-state index contributed by atoms with van der Waals surface area (Å²) in [7, 11) is 1.58. The summed E-state index contributed by atoms with van der Waals surface area (Å²) in [5.41, 5.74) is 8.88. The fourth-order valence-corrected chi connectivity index (χ4v) is 5.43. The van der Waals surface area contributed by atoms with Crippen molar-refractivity contribution in [1.82, 2.24) is 25.9 Å². The lowest BCUT2D eigenvalue weighted by atomic mass is 9.88. The minimum absolute atomic E-state index is 0.120. The van der Waals surface area contributed by atoms with Gasteiger partial charge in [0.15, 0.2) is 0 Å². The maximum absolute atomic E-state index is 13.2. The smallest absolute Gasteiger partial charge is 0.341 e. The fraction of sp³-hybridized carbons (Fsp3) is 0.619. The molecule has 0 radical (unpaired) electrons. The normalized spacial score (nSPS) is 27.7. The average Bonchev–Trinajstić information content (AvgIpc) is 3.39. The molecule has 5 N–H and O–H groups in total. The van der Waals surface area contributed by atoms with Crippen LogP contribution in [0.2, 0.25) is 0 Å². The number of anilines is 2. The van der Waals surface area contributed by atoms with E-state index in [0.717, 1.165) is 23.2 Å². The molecular formula is C21H30F3N7O2S. The van der Waals surface area contributed by atoms with Crippen molar-refractivity contribution >= 4 is 35.1 Å². The Balaban J connectivity index is 1.37. The van der Waals surface area contributed by atoms with Gasteiger partial charge >= 0.3 is 6.18 Å². The van der Waals surface area contributed by atoms with Crippen LogP contribution >= 0.6 is 11.9 Å². The minimum atomic E-state index is -4.35. The SMILES string of the molecule is CC(C)N1NCc2cc(NC(=O)C3NNSC3NC(=O)C3CC(C(F)(F)F)CN(C)C3)ccc21. The molecule has 4 atom stereocenters. The third-order valence-electron chi connectivity index (χ3n) is 6.30. The summed E-state index contributed by atoms with van der Waals surface area (Å²) >= 11 is 1.11. The van der Waals surface area contributed by atoms with E-state index in [2.05, 4.69) is 45.2 Å². The molecule has 1 aromatic carbocycles. The van der Waals surface area contributed by atoms with Gasteiger partial charge in [0.2, 0.25) is 11.8 Å². The molecule has 0 spiro atoms. The monoisotopic (exact) mass is 501 g/mol. The van der Waals surface area contributed by atoms with Crippen LogP contribution in [0.15, 0.2) is 18.2 Å². The summed E-state index contributed by atoms with van der Waals surface area (Å²) in [5, 5.41) is 7.01. The van der Waals surface area contributed by atoms with Gasteiger partial charge in [-0.3, -0.25) is 9.59 Å². The van der Waals surface area contributed by atoms with E-state index in [9.17, 15) is 22.8 Å². The molecule has 34 heavy (non-hydrogen) atoms. The lowest BCUT2D eigenvalue weighted by Gasteiger charge is -2.36. The molecule has 13 heteroatoms. The van der Waals surface area contributed by atoms with Crippen molar-refractivity contribution in [1.29, 1.82) is 0 Å². The Bertz CT molecular complexity index is 932. The van der Waals surface area contributed by atoms with Crippen LogP contribution in [0, 0.1) is 11.8 Å². The predicted octanol–water partition coefficient (Wildman–Crippen LogP) is 1.56.